The number of aliphatic imine (C=N–C) groups is 1. The third-order valence-corrected chi connectivity index (χ3v) is 7.12. The Morgan fingerprint density at radius 1 is 0.941 bits per heavy atom. The average molecular weight is 495 g/mol. The van der Waals surface area contributed by atoms with Crippen LogP contribution < -0.4 is 4.74 Å². The standard InChI is InChI=1S/C26H23ClN2O4S/c1-32-23-7-5-6-22(16-23)28-17-24-14-15-25(33-24)19-29(18-20-10-12-21(27)13-11-20)34(30,31)26-8-3-2-4-9-26/h2-17H,18-19H2,1H3. The predicted molar refractivity (Wildman–Crippen MR) is 133 cm³/mol. The highest BCUT2D eigenvalue weighted by molar-refractivity contribution is 7.89. The number of methoxy groups -OCH3 is 1. The van der Waals surface area contributed by atoms with Crippen molar-refractivity contribution in [2.24, 2.45) is 4.99 Å². The van der Waals surface area contributed by atoms with Crippen LogP contribution in [0, 0.1) is 0 Å². The number of hydrogen-bond acceptors (Lipinski definition) is 5. The van der Waals surface area contributed by atoms with Crippen molar-refractivity contribution in [1.29, 1.82) is 0 Å². The van der Waals surface area contributed by atoms with Gasteiger partial charge in [-0.2, -0.15) is 4.31 Å². The number of ether oxygens (including phenoxy) is 1. The summed E-state index contributed by atoms with van der Waals surface area (Å²) in [5.41, 5.74) is 1.53. The molecule has 0 saturated heterocycles. The maximum absolute atomic E-state index is 13.4. The highest BCUT2D eigenvalue weighted by atomic mass is 35.5. The van der Waals surface area contributed by atoms with Crippen LogP contribution in [0.3, 0.4) is 0 Å². The monoisotopic (exact) mass is 494 g/mol. The summed E-state index contributed by atoms with van der Waals surface area (Å²) in [5, 5.41) is 0.590. The van der Waals surface area contributed by atoms with Gasteiger partial charge in [-0.15, -0.1) is 0 Å². The number of sulfonamides is 1. The topological polar surface area (TPSA) is 72.1 Å². The molecule has 4 rings (SSSR count). The van der Waals surface area contributed by atoms with Gasteiger partial charge in [-0.3, -0.25) is 4.99 Å². The molecule has 8 heteroatoms. The first-order chi connectivity index (χ1) is 16.4. The number of rotatable bonds is 9. The molecule has 0 atom stereocenters. The van der Waals surface area contributed by atoms with E-state index in [9.17, 15) is 8.42 Å². The first-order valence-electron chi connectivity index (χ1n) is 10.5. The van der Waals surface area contributed by atoms with Crippen molar-refractivity contribution in [1.82, 2.24) is 4.31 Å². The van der Waals surface area contributed by atoms with Crippen molar-refractivity contribution in [2.45, 2.75) is 18.0 Å². The van der Waals surface area contributed by atoms with Gasteiger partial charge < -0.3 is 9.15 Å². The number of nitrogens with zero attached hydrogens (tertiary/aromatic N) is 2. The molecule has 34 heavy (non-hydrogen) atoms. The summed E-state index contributed by atoms with van der Waals surface area (Å²) in [5.74, 6) is 1.72. The van der Waals surface area contributed by atoms with Crippen LogP contribution in [0.15, 0.2) is 105 Å². The molecule has 1 heterocycles. The van der Waals surface area contributed by atoms with Gasteiger partial charge in [0, 0.05) is 17.6 Å². The van der Waals surface area contributed by atoms with E-state index in [-0.39, 0.29) is 18.0 Å². The van der Waals surface area contributed by atoms with Crippen molar-refractivity contribution >= 4 is 33.5 Å². The number of benzene rings is 3. The van der Waals surface area contributed by atoms with E-state index in [0.717, 1.165) is 5.56 Å². The van der Waals surface area contributed by atoms with Gasteiger partial charge in [-0.05, 0) is 54.1 Å². The Balaban J connectivity index is 1.57. The van der Waals surface area contributed by atoms with Crippen LogP contribution in [0.25, 0.3) is 0 Å². The Morgan fingerprint density at radius 3 is 2.44 bits per heavy atom. The largest absolute Gasteiger partial charge is 0.497 e. The molecule has 0 aliphatic heterocycles. The summed E-state index contributed by atoms with van der Waals surface area (Å²) in [6.07, 6.45) is 1.59. The number of halogens is 1. The molecule has 0 bridgehead atoms. The normalized spacial score (nSPS) is 11.9. The number of hydrogen-bond donors (Lipinski definition) is 0. The van der Waals surface area contributed by atoms with Gasteiger partial charge in [0.15, 0.2) is 0 Å². The lowest BCUT2D eigenvalue weighted by molar-refractivity contribution is 0.357. The summed E-state index contributed by atoms with van der Waals surface area (Å²) in [7, 11) is -2.17. The van der Waals surface area contributed by atoms with Gasteiger partial charge in [-0.1, -0.05) is 48.0 Å². The highest BCUT2D eigenvalue weighted by Gasteiger charge is 2.26. The van der Waals surface area contributed by atoms with E-state index in [1.807, 2.05) is 30.3 Å². The number of furan rings is 1. The van der Waals surface area contributed by atoms with E-state index in [1.165, 1.54) is 4.31 Å². The molecule has 0 aliphatic rings. The molecular formula is C26H23ClN2O4S. The van der Waals surface area contributed by atoms with Crippen LogP contribution >= 0.6 is 11.6 Å². The molecule has 0 amide bonds. The van der Waals surface area contributed by atoms with Crippen molar-refractivity contribution in [3.05, 3.63) is 113 Å². The fraction of sp³-hybridized carbons (Fsp3) is 0.115. The maximum Gasteiger partial charge on any atom is 0.243 e. The summed E-state index contributed by atoms with van der Waals surface area (Å²) in [4.78, 5) is 4.62. The quantitative estimate of drug-likeness (QED) is 0.264. The lowest BCUT2D eigenvalue weighted by Gasteiger charge is -2.21. The van der Waals surface area contributed by atoms with Gasteiger partial charge in [0.1, 0.15) is 17.3 Å². The van der Waals surface area contributed by atoms with Crippen LogP contribution in [0.5, 0.6) is 5.75 Å². The molecule has 6 nitrogen and oxygen atoms in total. The molecular weight excluding hydrogens is 472 g/mol. The van der Waals surface area contributed by atoms with Gasteiger partial charge in [0.2, 0.25) is 10.0 Å². The minimum Gasteiger partial charge on any atom is -0.497 e. The second kappa shape index (κ2) is 10.7. The van der Waals surface area contributed by atoms with Crippen molar-refractivity contribution in [3.63, 3.8) is 0 Å². The van der Waals surface area contributed by atoms with E-state index in [1.54, 1.807) is 74.0 Å². The smallest absolute Gasteiger partial charge is 0.243 e. The second-order valence-electron chi connectivity index (χ2n) is 7.48. The maximum atomic E-state index is 13.4. The molecule has 0 saturated carbocycles. The van der Waals surface area contributed by atoms with Crippen molar-refractivity contribution in [2.75, 3.05) is 7.11 Å². The minimum atomic E-state index is -3.77. The summed E-state index contributed by atoms with van der Waals surface area (Å²) in [6.45, 7) is 0.231. The second-order valence-corrected chi connectivity index (χ2v) is 9.85. The first kappa shape index (κ1) is 23.8. The summed E-state index contributed by atoms with van der Waals surface area (Å²) in [6, 6.07) is 26.3. The predicted octanol–water partition coefficient (Wildman–Crippen LogP) is 6.08. The van der Waals surface area contributed by atoms with E-state index in [2.05, 4.69) is 4.99 Å². The molecule has 0 N–H and O–H groups in total. The minimum absolute atomic E-state index is 0.0624. The molecule has 0 aliphatic carbocycles. The highest BCUT2D eigenvalue weighted by Crippen LogP contribution is 2.23. The molecule has 1 aromatic heterocycles. The van der Waals surface area contributed by atoms with Crippen LogP contribution in [0.2, 0.25) is 5.02 Å². The lowest BCUT2D eigenvalue weighted by Crippen LogP contribution is -2.30. The van der Waals surface area contributed by atoms with E-state index < -0.39 is 10.0 Å². The zero-order valence-corrected chi connectivity index (χ0v) is 20.0. The molecule has 0 spiro atoms. The first-order valence-corrected chi connectivity index (χ1v) is 12.3. The molecule has 0 unspecified atom stereocenters. The average Bonchev–Trinajstić information content (AvgIpc) is 3.32. The van der Waals surface area contributed by atoms with Crippen LogP contribution in [0.1, 0.15) is 17.1 Å². The molecule has 3 aromatic carbocycles. The van der Waals surface area contributed by atoms with E-state index in [0.29, 0.717) is 28.0 Å². The van der Waals surface area contributed by atoms with Crippen LogP contribution in [0.4, 0.5) is 5.69 Å². The lowest BCUT2D eigenvalue weighted by atomic mass is 10.2. The fourth-order valence-electron chi connectivity index (χ4n) is 3.31. The fourth-order valence-corrected chi connectivity index (χ4v) is 4.85. The SMILES string of the molecule is COc1cccc(N=Cc2ccc(CN(Cc3ccc(Cl)cc3)S(=O)(=O)c3ccccc3)o2)c1. The van der Waals surface area contributed by atoms with Gasteiger partial charge >= 0.3 is 0 Å². The van der Waals surface area contributed by atoms with Crippen LogP contribution in [-0.4, -0.2) is 26.0 Å². The zero-order chi connectivity index (χ0) is 24.0. The van der Waals surface area contributed by atoms with Gasteiger partial charge in [-0.25, -0.2) is 8.42 Å². The van der Waals surface area contributed by atoms with Crippen LogP contribution in [-0.2, 0) is 23.1 Å². The van der Waals surface area contributed by atoms with Crippen molar-refractivity contribution < 1.29 is 17.6 Å². The molecule has 4 aromatic rings. The summed E-state index contributed by atoms with van der Waals surface area (Å²) < 4.78 is 39.3. The third kappa shape index (κ3) is 5.94. The Labute approximate surface area is 204 Å². The van der Waals surface area contributed by atoms with Gasteiger partial charge in [0.05, 0.1) is 30.5 Å². The van der Waals surface area contributed by atoms with E-state index in [4.69, 9.17) is 20.8 Å². The summed E-state index contributed by atoms with van der Waals surface area (Å²) >= 11 is 5.99. The Hall–Kier alpha value is -3.39. The van der Waals surface area contributed by atoms with Gasteiger partial charge in [0.25, 0.3) is 0 Å². The molecule has 0 radical (unpaired) electrons. The Bertz CT molecular complexity index is 1370. The Morgan fingerprint density at radius 2 is 1.71 bits per heavy atom. The third-order valence-electron chi connectivity index (χ3n) is 5.06. The van der Waals surface area contributed by atoms with Crippen molar-refractivity contribution in [3.8, 4) is 5.75 Å². The molecule has 174 valence electrons. The van der Waals surface area contributed by atoms with E-state index >= 15 is 0 Å². The zero-order valence-electron chi connectivity index (χ0n) is 18.5. The molecule has 0 fully saturated rings. The Kier molecular flexibility index (Phi) is 7.47.